The van der Waals surface area contributed by atoms with Crippen LogP contribution in [0.15, 0.2) is 47.1 Å². The summed E-state index contributed by atoms with van der Waals surface area (Å²) in [6, 6.07) is 12.4. The van der Waals surface area contributed by atoms with E-state index in [0.29, 0.717) is 12.3 Å². The quantitative estimate of drug-likeness (QED) is 0.880. The number of nitrogens with one attached hydrogen (secondary N) is 1. The highest BCUT2D eigenvalue weighted by Crippen LogP contribution is 2.26. The smallest absolute Gasteiger partial charge is 0.219 e. The van der Waals surface area contributed by atoms with Gasteiger partial charge in [0.2, 0.25) is 5.91 Å². The van der Waals surface area contributed by atoms with E-state index in [2.05, 4.69) is 34.5 Å². The van der Waals surface area contributed by atoms with E-state index in [1.54, 1.807) is 6.26 Å². The second-order valence-electron chi connectivity index (χ2n) is 6.54. The van der Waals surface area contributed by atoms with Crippen molar-refractivity contribution in [3.8, 4) is 11.3 Å². The number of piperidine rings is 1. The lowest BCUT2D eigenvalue weighted by atomic mass is 9.96. The summed E-state index contributed by atoms with van der Waals surface area (Å²) in [5, 5.41) is 3.04. The molecule has 2 aromatic rings. The number of amides is 1. The maximum absolute atomic E-state index is 11.5. The van der Waals surface area contributed by atoms with Gasteiger partial charge in [0.1, 0.15) is 5.76 Å². The van der Waals surface area contributed by atoms with Gasteiger partial charge in [-0.25, -0.2) is 0 Å². The first kappa shape index (κ1) is 16.8. The van der Waals surface area contributed by atoms with Crippen LogP contribution in [0.5, 0.6) is 0 Å². The van der Waals surface area contributed by atoms with Crippen LogP contribution in [0, 0.1) is 5.92 Å². The van der Waals surface area contributed by atoms with Gasteiger partial charge in [-0.2, -0.15) is 0 Å². The second-order valence-corrected chi connectivity index (χ2v) is 6.54. The van der Waals surface area contributed by atoms with Crippen molar-refractivity contribution in [1.82, 2.24) is 10.2 Å². The Morgan fingerprint density at radius 1 is 1.29 bits per heavy atom. The molecule has 4 nitrogen and oxygen atoms in total. The summed E-state index contributed by atoms with van der Waals surface area (Å²) in [6.45, 7) is 5.77. The van der Waals surface area contributed by atoms with Gasteiger partial charge in [0.15, 0.2) is 0 Å². The van der Waals surface area contributed by atoms with Gasteiger partial charge in [-0.15, -0.1) is 0 Å². The molecule has 3 rings (SSSR count). The Morgan fingerprint density at radius 3 is 2.96 bits per heavy atom. The highest BCUT2D eigenvalue weighted by molar-refractivity contribution is 5.75. The normalized spacial score (nSPS) is 18.5. The number of rotatable bonds is 6. The van der Waals surface area contributed by atoms with Crippen LogP contribution in [0.3, 0.4) is 0 Å². The lowest BCUT2D eigenvalue weighted by molar-refractivity contribution is -0.121. The van der Waals surface area contributed by atoms with Crippen molar-refractivity contribution in [3.63, 3.8) is 0 Å². The molecule has 1 amide bonds. The van der Waals surface area contributed by atoms with Crippen LogP contribution in [0.2, 0.25) is 0 Å². The number of furan rings is 1. The van der Waals surface area contributed by atoms with Crippen LogP contribution in [0.25, 0.3) is 11.3 Å². The second kappa shape index (κ2) is 8.15. The summed E-state index contributed by atoms with van der Waals surface area (Å²) in [5.74, 6) is 1.62. The number of benzene rings is 1. The average Bonchev–Trinajstić information content (AvgIpc) is 3.15. The molecular formula is C20H26N2O2. The molecule has 0 spiro atoms. The molecule has 1 atom stereocenters. The van der Waals surface area contributed by atoms with Gasteiger partial charge in [-0.05, 0) is 43.0 Å². The van der Waals surface area contributed by atoms with Gasteiger partial charge >= 0.3 is 0 Å². The van der Waals surface area contributed by atoms with E-state index >= 15 is 0 Å². The van der Waals surface area contributed by atoms with Crippen molar-refractivity contribution in [2.45, 2.75) is 32.7 Å². The number of nitrogens with zero attached hydrogens (tertiary/aromatic N) is 1. The van der Waals surface area contributed by atoms with Gasteiger partial charge in [0.25, 0.3) is 0 Å². The van der Waals surface area contributed by atoms with Gasteiger partial charge in [-0.3, -0.25) is 9.69 Å². The molecule has 1 aromatic carbocycles. The first-order chi connectivity index (χ1) is 11.8. The van der Waals surface area contributed by atoms with Crippen molar-refractivity contribution in [2.24, 2.45) is 5.92 Å². The molecular weight excluding hydrogens is 300 g/mol. The molecule has 1 N–H and O–H groups in total. The van der Waals surface area contributed by atoms with Crippen LogP contribution >= 0.6 is 0 Å². The summed E-state index contributed by atoms with van der Waals surface area (Å²) in [7, 11) is 0. The minimum Gasteiger partial charge on any atom is -0.464 e. The van der Waals surface area contributed by atoms with E-state index in [1.807, 2.05) is 19.1 Å². The summed E-state index contributed by atoms with van der Waals surface area (Å²) >= 11 is 0. The standard InChI is InChI=1S/C20H26N2O2/c1-2-20(23)21-13-16-7-5-11-22(14-16)15-17-8-3-4-9-18(17)19-10-6-12-24-19/h3-4,6,8-10,12,16H,2,5,7,11,13-15H2,1H3,(H,21,23). The van der Waals surface area contributed by atoms with Gasteiger partial charge in [0, 0.05) is 31.6 Å². The maximum Gasteiger partial charge on any atom is 0.219 e. The monoisotopic (exact) mass is 326 g/mol. The Bertz CT molecular complexity index is 651. The average molecular weight is 326 g/mol. The van der Waals surface area contributed by atoms with Crippen molar-refractivity contribution in [1.29, 1.82) is 0 Å². The van der Waals surface area contributed by atoms with Gasteiger partial charge in [0.05, 0.1) is 6.26 Å². The molecule has 1 fully saturated rings. The van der Waals surface area contributed by atoms with Gasteiger partial charge < -0.3 is 9.73 Å². The number of likely N-dealkylation sites (tertiary alicyclic amines) is 1. The minimum atomic E-state index is 0.148. The Hall–Kier alpha value is -2.07. The molecule has 0 bridgehead atoms. The van der Waals surface area contributed by atoms with E-state index in [9.17, 15) is 4.79 Å². The van der Waals surface area contributed by atoms with Crippen LogP contribution < -0.4 is 5.32 Å². The van der Waals surface area contributed by atoms with Crippen molar-refractivity contribution in [2.75, 3.05) is 19.6 Å². The molecule has 0 aliphatic carbocycles. The van der Waals surface area contributed by atoms with E-state index in [1.165, 1.54) is 24.0 Å². The Kier molecular flexibility index (Phi) is 5.70. The number of carbonyl (C=O) groups is 1. The lowest BCUT2D eigenvalue weighted by Gasteiger charge is -2.33. The zero-order valence-corrected chi connectivity index (χ0v) is 14.3. The number of carbonyl (C=O) groups excluding carboxylic acids is 1. The third-order valence-electron chi connectivity index (χ3n) is 4.71. The molecule has 2 heterocycles. The Labute approximate surface area is 143 Å². The first-order valence-electron chi connectivity index (χ1n) is 8.87. The molecule has 0 saturated carbocycles. The summed E-state index contributed by atoms with van der Waals surface area (Å²) in [5.41, 5.74) is 2.47. The van der Waals surface area contributed by atoms with Crippen molar-refractivity contribution in [3.05, 3.63) is 48.2 Å². The molecule has 1 saturated heterocycles. The zero-order valence-electron chi connectivity index (χ0n) is 14.3. The van der Waals surface area contributed by atoms with E-state index < -0.39 is 0 Å². The predicted octanol–water partition coefficient (Wildman–Crippen LogP) is 3.68. The van der Waals surface area contributed by atoms with Gasteiger partial charge in [-0.1, -0.05) is 31.2 Å². The van der Waals surface area contributed by atoms with Crippen molar-refractivity contribution >= 4 is 5.91 Å². The summed E-state index contributed by atoms with van der Waals surface area (Å²) in [6.07, 6.45) is 4.67. The third-order valence-corrected chi connectivity index (χ3v) is 4.71. The van der Waals surface area contributed by atoms with Crippen LogP contribution in [-0.4, -0.2) is 30.4 Å². The topological polar surface area (TPSA) is 45.5 Å². The number of hydrogen-bond acceptors (Lipinski definition) is 3. The fraction of sp³-hybridized carbons (Fsp3) is 0.450. The maximum atomic E-state index is 11.5. The van der Waals surface area contributed by atoms with Crippen LogP contribution in [-0.2, 0) is 11.3 Å². The van der Waals surface area contributed by atoms with Crippen molar-refractivity contribution < 1.29 is 9.21 Å². The number of hydrogen-bond donors (Lipinski definition) is 1. The largest absolute Gasteiger partial charge is 0.464 e. The SMILES string of the molecule is CCC(=O)NCC1CCCN(Cc2ccccc2-c2ccco2)C1. The Balaban J connectivity index is 1.63. The predicted molar refractivity (Wildman–Crippen MR) is 95.4 cm³/mol. The summed E-state index contributed by atoms with van der Waals surface area (Å²) < 4.78 is 5.58. The first-order valence-corrected chi connectivity index (χ1v) is 8.87. The molecule has 1 aliphatic heterocycles. The molecule has 128 valence electrons. The molecule has 1 unspecified atom stereocenters. The molecule has 24 heavy (non-hydrogen) atoms. The zero-order chi connectivity index (χ0) is 16.8. The molecule has 1 aliphatic rings. The molecule has 1 aromatic heterocycles. The molecule has 4 heteroatoms. The van der Waals surface area contributed by atoms with Crippen LogP contribution in [0.1, 0.15) is 31.7 Å². The fourth-order valence-corrected chi connectivity index (χ4v) is 3.42. The summed E-state index contributed by atoms with van der Waals surface area (Å²) in [4.78, 5) is 14.0. The highest BCUT2D eigenvalue weighted by Gasteiger charge is 2.21. The fourth-order valence-electron chi connectivity index (χ4n) is 3.42. The van der Waals surface area contributed by atoms with E-state index in [4.69, 9.17) is 4.42 Å². The highest BCUT2D eigenvalue weighted by atomic mass is 16.3. The van der Waals surface area contributed by atoms with E-state index in [-0.39, 0.29) is 5.91 Å². The minimum absolute atomic E-state index is 0.148. The Morgan fingerprint density at radius 2 is 2.17 bits per heavy atom. The lowest BCUT2D eigenvalue weighted by Crippen LogP contribution is -2.40. The third kappa shape index (κ3) is 4.26. The van der Waals surface area contributed by atoms with E-state index in [0.717, 1.165) is 31.9 Å². The molecule has 0 radical (unpaired) electrons. The van der Waals surface area contributed by atoms with Crippen LogP contribution in [0.4, 0.5) is 0 Å².